The van der Waals surface area contributed by atoms with Crippen LogP contribution in [0.1, 0.15) is 23.1 Å². The highest BCUT2D eigenvalue weighted by Gasteiger charge is 2.20. The van der Waals surface area contributed by atoms with E-state index in [2.05, 4.69) is 15.4 Å². The lowest BCUT2D eigenvalue weighted by molar-refractivity contribution is 0.101. The maximum absolute atomic E-state index is 12.9. The smallest absolute Gasteiger partial charge is 0.295 e. The van der Waals surface area contributed by atoms with Crippen LogP contribution in [0.15, 0.2) is 66.7 Å². The minimum absolute atomic E-state index is 0.0215. The van der Waals surface area contributed by atoms with Crippen molar-refractivity contribution in [2.75, 3.05) is 11.9 Å². The molecule has 0 aliphatic rings. The summed E-state index contributed by atoms with van der Waals surface area (Å²) in [6.07, 6.45) is 0. The van der Waals surface area contributed by atoms with Gasteiger partial charge in [0, 0.05) is 21.3 Å². The van der Waals surface area contributed by atoms with Crippen LogP contribution in [0.5, 0.6) is 5.75 Å². The van der Waals surface area contributed by atoms with Crippen molar-refractivity contribution in [3.05, 3.63) is 88.2 Å². The van der Waals surface area contributed by atoms with Crippen LogP contribution in [-0.4, -0.2) is 27.3 Å². The largest absolute Gasteiger partial charge is 0.494 e. The third-order valence-electron chi connectivity index (χ3n) is 4.72. The Kier molecular flexibility index (Phi) is 6.44. The molecule has 1 aromatic heterocycles. The van der Waals surface area contributed by atoms with E-state index in [-0.39, 0.29) is 5.82 Å². The Morgan fingerprint density at radius 2 is 1.78 bits per heavy atom. The predicted octanol–water partition coefficient (Wildman–Crippen LogP) is 6.20. The Bertz CT molecular complexity index is 1270. The van der Waals surface area contributed by atoms with Crippen LogP contribution in [0.2, 0.25) is 10.0 Å². The first-order valence-electron chi connectivity index (χ1n) is 9.98. The molecule has 1 N–H and O–H groups in total. The molecular weight excluding hydrogens is 447 g/mol. The van der Waals surface area contributed by atoms with Gasteiger partial charge in [0.25, 0.3) is 5.91 Å². The monoisotopic (exact) mass is 466 g/mol. The molecule has 162 valence electrons. The number of rotatable bonds is 6. The first kappa shape index (κ1) is 21.9. The molecule has 1 heterocycles. The molecule has 0 atom stereocenters. The molecular formula is C24H20Cl2N4O2. The summed E-state index contributed by atoms with van der Waals surface area (Å²) in [6.45, 7) is 4.42. The number of hydrogen-bond acceptors (Lipinski definition) is 4. The van der Waals surface area contributed by atoms with Gasteiger partial charge in [0.2, 0.25) is 5.82 Å². The fourth-order valence-electron chi connectivity index (χ4n) is 3.19. The van der Waals surface area contributed by atoms with Gasteiger partial charge >= 0.3 is 0 Å². The van der Waals surface area contributed by atoms with E-state index in [0.717, 1.165) is 22.6 Å². The van der Waals surface area contributed by atoms with Crippen molar-refractivity contribution in [1.82, 2.24) is 14.8 Å². The number of nitrogens with one attached hydrogen (secondary N) is 1. The minimum atomic E-state index is -0.434. The van der Waals surface area contributed by atoms with Gasteiger partial charge in [-0.2, -0.15) is 0 Å². The molecule has 4 aromatic rings. The lowest BCUT2D eigenvalue weighted by Gasteiger charge is -2.09. The normalized spacial score (nSPS) is 10.8. The summed E-state index contributed by atoms with van der Waals surface area (Å²) in [4.78, 5) is 17.5. The molecule has 3 aromatic carbocycles. The molecule has 0 unspecified atom stereocenters. The highest BCUT2D eigenvalue weighted by atomic mass is 35.5. The van der Waals surface area contributed by atoms with Crippen LogP contribution >= 0.6 is 23.2 Å². The molecule has 6 nitrogen and oxygen atoms in total. The van der Waals surface area contributed by atoms with Gasteiger partial charge in [-0.15, -0.1) is 5.10 Å². The van der Waals surface area contributed by atoms with Crippen molar-refractivity contribution in [2.24, 2.45) is 0 Å². The lowest BCUT2D eigenvalue weighted by Crippen LogP contribution is -2.14. The lowest BCUT2D eigenvalue weighted by atomic mass is 10.2. The third kappa shape index (κ3) is 4.77. The number of aryl methyl sites for hydroxylation is 1. The first-order valence-corrected chi connectivity index (χ1v) is 10.7. The fourth-order valence-corrected chi connectivity index (χ4v) is 3.55. The molecule has 0 fully saturated rings. The maximum Gasteiger partial charge on any atom is 0.295 e. The molecule has 0 radical (unpaired) electrons. The Morgan fingerprint density at radius 1 is 1.03 bits per heavy atom. The van der Waals surface area contributed by atoms with Gasteiger partial charge in [0.15, 0.2) is 5.82 Å². The number of ether oxygens (including phenoxy) is 1. The van der Waals surface area contributed by atoms with E-state index in [1.54, 1.807) is 53.2 Å². The summed E-state index contributed by atoms with van der Waals surface area (Å²) in [7, 11) is 0. The number of amides is 1. The quantitative estimate of drug-likeness (QED) is 0.367. The molecule has 0 bridgehead atoms. The molecule has 0 saturated carbocycles. The van der Waals surface area contributed by atoms with E-state index in [1.165, 1.54) is 0 Å². The van der Waals surface area contributed by atoms with Gasteiger partial charge in [-0.1, -0.05) is 41.4 Å². The average molecular weight is 467 g/mol. The standard InChI is InChI=1S/C24H20Cl2N4O2/c1-3-32-20-11-9-19(10-12-20)27-24(31)22-28-23(16-5-4-6-17(25)13-16)30(29-22)21-14-18(26)8-7-15(21)2/h4-14H,3H2,1-2H3,(H,27,31). The SMILES string of the molecule is CCOc1ccc(NC(=O)c2nc(-c3cccc(Cl)c3)n(-c3cc(Cl)ccc3C)n2)cc1. The minimum Gasteiger partial charge on any atom is -0.494 e. The topological polar surface area (TPSA) is 69.0 Å². The molecule has 0 aliphatic carbocycles. The van der Waals surface area contributed by atoms with E-state index in [0.29, 0.717) is 28.2 Å². The Morgan fingerprint density at radius 3 is 2.50 bits per heavy atom. The van der Waals surface area contributed by atoms with Gasteiger partial charge in [-0.05, 0) is 67.9 Å². The second-order valence-electron chi connectivity index (χ2n) is 7.02. The maximum atomic E-state index is 12.9. The van der Waals surface area contributed by atoms with Gasteiger partial charge in [0.1, 0.15) is 5.75 Å². The summed E-state index contributed by atoms with van der Waals surface area (Å²) < 4.78 is 7.05. The third-order valence-corrected chi connectivity index (χ3v) is 5.19. The van der Waals surface area contributed by atoms with Crippen LogP contribution in [-0.2, 0) is 0 Å². The number of anilines is 1. The van der Waals surface area contributed by atoms with Crippen LogP contribution in [0.3, 0.4) is 0 Å². The van der Waals surface area contributed by atoms with Crippen molar-refractivity contribution in [2.45, 2.75) is 13.8 Å². The van der Waals surface area contributed by atoms with Crippen molar-refractivity contribution in [3.8, 4) is 22.8 Å². The van der Waals surface area contributed by atoms with Gasteiger partial charge in [0.05, 0.1) is 12.3 Å². The number of hydrogen-bond donors (Lipinski definition) is 1. The molecule has 32 heavy (non-hydrogen) atoms. The number of nitrogens with zero attached hydrogens (tertiary/aromatic N) is 3. The molecule has 4 rings (SSSR count). The van der Waals surface area contributed by atoms with Crippen LogP contribution < -0.4 is 10.1 Å². The number of carbonyl (C=O) groups excluding carboxylic acids is 1. The number of carbonyl (C=O) groups is 1. The molecule has 8 heteroatoms. The highest BCUT2D eigenvalue weighted by Crippen LogP contribution is 2.27. The zero-order valence-electron chi connectivity index (χ0n) is 17.5. The second kappa shape index (κ2) is 9.42. The van der Waals surface area contributed by atoms with Crippen LogP contribution in [0.4, 0.5) is 5.69 Å². The summed E-state index contributed by atoms with van der Waals surface area (Å²) in [6, 6.07) is 19.8. The van der Waals surface area contributed by atoms with E-state index in [9.17, 15) is 4.79 Å². The zero-order valence-corrected chi connectivity index (χ0v) is 19.0. The van der Waals surface area contributed by atoms with Crippen LogP contribution in [0, 0.1) is 6.92 Å². The van der Waals surface area contributed by atoms with E-state index >= 15 is 0 Å². The summed E-state index contributed by atoms with van der Waals surface area (Å²) in [5.41, 5.74) is 2.99. The Labute approximate surface area is 195 Å². The average Bonchev–Trinajstić information content (AvgIpc) is 3.22. The summed E-state index contributed by atoms with van der Waals surface area (Å²) in [5.74, 6) is 0.798. The van der Waals surface area contributed by atoms with Crippen molar-refractivity contribution >= 4 is 34.8 Å². The fraction of sp³-hybridized carbons (Fsp3) is 0.125. The predicted molar refractivity (Wildman–Crippen MR) is 127 cm³/mol. The molecule has 0 spiro atoms. The van der Waals surface area contributed by atoms with E-state index < -0.39 is 5.91 Å². The van der Waals surface area contributed by atoms with E-state index in [1.807, 2.05) is 32.0 Å². The molecule has 1 amide bonds. The van der Waals surface area contributed by atoms with Gasteiger partial charge in [-0.3, -0.25) is 4.79 Å². The first-order chi connectivity index (χ1) is 15.4. The van der Waals surface area contributed by atoms with Crippen molar-refractivity contribution in [3.63, 3.8) is 0 Å². The van der Waals surface area contributed by atoms with Gasteiger partial charge < -0.3 is 10.1 Å². The van der Waals surface area contributed by atoms with Crippen molar-refractivity contribution < 1.29 is 9.53 Å². The summed E-state index contributed by atoms with van der Waals surface area (Å²) >= 11 is 12.4. The Balaban J connectivity index is 1.73. The van der Waals surface area contributed by atoms with E-state index in [4.69, 9.17) is 27.9 Å². The number of aromatic nitrogens is 3. The zero-order chi connectivity index (χ0) is 22.7. The second-order valence-corrected chi connectivity index (χ2v) is 7.90. The van der Waals surface area contributed by atoms with Gasteiger partial charge in [-0.25, -0.2) is 9.67 Å². The highest BCUT2D eigenvalue weighted by molar-refractivity contribution is 6.31. The number of benzene rings is 3. The Hall–Kier alpha value is -3.35. The summed E-state index contributed by atoms with van der Waals surface area (Å²) in [5, 5.41) is 8.43. The molecule has 0 aliphatic heterocycles. The number of halogens is 2. The van der Waals surface area contributed by atoms with Crippen molar-refractivity contribution in [1.29, 1.82) is 0 Å². The van der Waals surface area contributed by atoms with Crippen LogP contribution in [0.25, 0.3) is 17.1 Å². The molecule has 0 saturated heterocycles.